The zero-order valence-electron chi connectivity index (χ0n) is 7.13. The lowest BCUT2D eigenvalue weighted by molar-refractivity contribution is 1.02. The molecule has 1 radical (unpaired) electrons. The van der Waals surface area contributed by atoms with E-state index in [2.05, 4.69) is 27.3 Å². The lowest BCUT2D eigenvalue weighted by Crippen LogP contribution is -1.98. The van der Waals surface area contributed by atoms with Crippen LogP contribution in [0.5, 0.6) is 0 Å². The summed E-state index contributed by atoms with van der Waals surface area (Å²) in [6.07, 6.45) is 2.80. The number of fused-ring (bicyclic) bond motifs is 1. The van der Waals surface area contributed by atoms with E-state index in [4.69, 9.17) is 5.73 Å². The van der Waals surface area contributed by atoms with E-state index in [1.165, 1.54) is 11.1 Å². The molecule has 13 heavy (non-hydrogen) atoms. The van der Waals surface area contributed by atoms with Crippen LogP contribution in [0.15, 0.2) is 28.9 Å². The van der Waals surface area contributed by atoms with Gasteiger partial charge in [0.05, 0.1) is 5.69 Å². The Balaban J connectivity index is 2.36. The summed E-state index contributed by atoms with van der Waals surface area (Å²) in [6, 6.07) is 6.11. The van der Waals surface area contributed by atoms with Crippen molar-refractivity contribution in [1.29, 1.82) is 0 Å². The van der Waals surface area contributed by atoms with Crippen molar-refractivity contribution in [2.75, 3.05) is 6.54 Å². The van der Waals surface area contributed by atoms with E-state index in [0.29, 0.717) is 6.54 Å². The lowest BCUT2D eigenvalue weighted by Gasteiger charge is -2.02. The molecule has 1 aromatic rings. The summed E-state index contributed by atoms with van der Waals surface area (Å²) in [6.45, 7) is 0.674. The summed E-state index contributed by atoms with van der Waals surface area (Å²) < 4.78 is 1.09. The van der Waals surface area contributed by atoms with Gasteiger partial charge in [-0.25, -0.2) is 0 Å². The molecule has 0 atom stereocenters. The maximum absolute atomic E-state index is 5.51. The first-order valence-corrected chi connectivity index (χ1v) is 5.00. The van der Waals surface area contributed by atoms with E-state index in [0.717, 1.165) is 16.6 Å². The highest BCUT2D eigenvalue weighted by atomic mass is 79.9. The van der Waals surface area contributed by atoms with Crippen LogP contribution in [-0.2, 0) is 0 Å². The molecule has 2 nitrogen and oxygen atoms in total. The van der Waals surface area contributed by atoms with Gasteiger partial charge in [-0.1, -0.05) is 15.9 Å². The van der Waals surface area contributed by atoms with E-state index in [-0.39, 0.29) is 0 Å². The quantitative estimate of drug-likeness (QED) is 0.844. The van der Waals surface area contributed by atoms with Crippen molar-refractivity contribution in [2.45, 2.75) is 6.42 Å². The van der Waals surface area contributed by atoms with Crippen molar-refractivity contribution in [3.05, 3.63) is 34.4 Å². The molecule has 0 saturated carbocycles. The summed E-state index contributed by atoms with van der Waals surface area (Å²) >= 11 is 3.44. The van der Waals surface area contributed by atoms with Crippen LogP contribution in [0, 0.1) is 0 Å². The number of nitrogens with zero attached hydrogens (tertiary/aromatic N) is 1. The second kappa shape index (κ2) is 3.52. The molecule has 0 spiro atoms. The van der Waals surface area contributed by atoms with Crippen LogP contribution in [0.1, 0.15) is 12.0 Å². The zero-order chi connectivity index (χ0) is 9.26. The van der Waals surface area contributed by atoms with Gasteiger partial charge in [0.25, 0.3) is 0 Å². The Morgan fingerprint density at radius 3 is 3.00 bits per heavy atom. The molecule has 0 fully saturated rings. The summed E-state index contributed by atoms with van der Waals surface area (Å²) in [4.78, 5) is 0. The molecule has 1 aliphatic rings. The molecule has 3 heteroatoms. The van der Waals surface area contributed by atoms with E-state index in [9.17, 15) is 0 Å². The van der Waals surface area contributed by atoms with Crippen molar-refractivity contribution >= 4 is 27.2 Å². The van der Waals surface area contributed by atoms with E-state index < -0.39 is 0 Å². The molecule has 1 aliphatic heterocycles. The number of hydrogen-bond donors (Lipinski definition) is 1. The fourth-order valence-corrected chi connectivity index (χ4v) is 1.81. The van der Waals surface area contributed by atoms with Crippen LogP contribution in [-0.4, -0.2) is 6.54 Å². The number of benzene rings is 1. The predicted octanol–water partition coefficient (Wildman–Crippen LogP) is 2.39. The van der Waals surface area contributed by atoms with Gasteiger partial charge in [-0.2, -0.15) is 0 Å². The molecule has 1 aromatic carbocycles. The Bertz CT molecular complexity index is 358. The van der Waals surface area contributed by atoms with E-state index >= 15 is 0 Å². The fourth-order valence-electron chi connectivity index (χ4n) is 1.45. The van der Waals surface area contributed by atoms with Crippen molar-refractivity contribution in [3.8, 4) is 0 Å². The van der Waals surface area contributed by atoms with Crippen LogP contribution < -0.4 is 11.1 Å². The zero-order valence-corrected chi connectivity index (χ0v) is 8.71. The smallest absolute Gasteiger partial charge is 0.0706 e. The molecule has 0 amide bonds. The average Bonchev–Trinajstić information content (AvgIpc) is 2.49. The SMILES string of the molecule is NCCC1=C[N]c2ccc(Br)cc21. The highest BCUT2D eigenvalue weighted by Crippen LogP contribution is 2.33. The highest BCUT2D eigenvalue weighted by Gasteiger charge is 2.14. The molecule has 67 valence electrons. The molecule has 1 heterocycles. The summed E-state index contributed by atoms with van der Waals surface area (Å²) in [5.41, 5.74) is 9.00. The summed E-state index contributed by atoms with van der Waals surface area (Å²) in [7, 11) is 0. The van der Waals surface area contributed by atoms with Crippen LogP contribution >= 0.6 is 15.9 Å². The molecule has 2 rings (SSSR count). The molecular formula is C10H10BrN2. The third-order valence-corrected chi connectivity index (χ3v) is 2.57. The maximum Gasteiger partial charge on any atom is 0.0706 e. The molecule has 0 saturated heterocycles. The Labute approximate surface area is 86.0 Å². The van der Waals surface area contributed by atoms with Crippen LogP contribution in [0.25, 0.3) is 5.57 Å². The summed E-state index contributed by atoms with van der Waals surface area (Å²) in [5, 5.41) is 4.30. The second-order valence-electron chi connectivity index (χ2n) is 2.98. The fraction of sp³-hybridized carbons (Fsp3) is 0.200. The van der Waals surface area contributed by atoms with Crippen molar-refractivity contribution < 1.29 is 0 Å². The Hall–Kier alpha value is -0.800. The minimum absolute atomic E-state index is 0.674. The van der Waals surface area contributed by atoms with Crippen LogP contribution in [0.4, 0.5) is 5.69 Å². The molecule has 0 aromatic heterocycles. The lowest BCUT2D eigenvalue weighted by atomic mass is 10.1. The minimum Gasteiger partial charge on any atom is -0.330 e. The first kappa shape index (κ1) is 8.78. The highest BCUT2D eigenvalue weighted by molar-refractivity contribution is 9.10. The van der Waals surface area contributed by atoms with Gasteiger partial charge in [-0.05, 0) is 36.7 Å². The van der Waals surface area contributed by atoms with Gasteiger partial charge in [-0.15, -0.1) is 0 Å². The van der Waals surface area contributed by atoms with Crippen molar-refractivity contribution in [1.82, 2.24) is 5.32 Å². The van der Waals surface area contributed by atoms with Crippen molar-refractivity contribution in [2.24, 2.45) is 5.73 Å². The molecule has 0 aliphatic carbocycles. The molecular weight excluding hydrogens is 228 g/mol. The second-order valence-corrected chi connectivity index (χ2v) is 3.90. The van der Waals surface area contributed by atoms with Gasteiger partial charge < -0.3 is 5.73 Å². The molecule has 2 N–H and O–H groups in total. The van der Waals surface area contributed by atoms with Crippen molar-refractivity contribution in [3.63, 3.8) is 0 Å². The molecule has 0 bridgehead atoms. The van der Waals surface area contributed by atoms with Gasteiger partial charge >= 0.3 is 0 Å². The standard InChI is InChI=1S/C10H10BrN2/c11-8-1-2-10-9(5-8)7(3-4-12)6-13-10/h1-2,5-6H,3-4,12H2. The minimum atomic E-state index is 0.674. The molecule has 0 unspecified atom stereocenters. The monoisotopic (exact) mass is 237 g/mol. The normalized spacial score (nSPS) is 13.5. The predicted molar refractivity (Wildman–Crippen MR) is 57.6 cm³/mol. The number of nitrogens with two attached hydrogens (primary N) is 1. The van der Waals surface area contributed by atoms with Gasteiger partial charge in [0, 0.05) is 16.2 Å². The average molecular weight is 238 g/mol. The van der Waals surface area contributed by atoms with Gasteiger partial charge in [0.15, 0.2) is 0 Å². The third kappa shape index (κ3) is 1.62. The topological polar surface area (TPSA) is 40.1 Å². The van der Waals surface area contributed by atoms with Gasteiger partial charge in [-0.3, -0.25) is 5.32 Å². The third-order valence-electron chi connectivity index (χ3n) is 2.08. The van der Waals surface area contributed by atoms with E-state index in [1.54, 1.807) is 0 Å². The Morgan fingerprint density at radius 1 is 1.38 bits per heavy atom. The first-order chi connectivity index (χ1) is 6.31. The number of halogens is 1. The first-order valence-electron chi connectivity index (χ1n) is 4.21. The number of hydrogen-bond acceptors (Lipinski definition) is 1. The summed E-state index contributed by atoms with van der Waals surface area (Å²) in [5.74, 6) is 0. The van der Waals surface area contributed by atoms with Gasteiger partial charge in [0.1, 0.15) is 0 Å². The van der Waals surface area contributed by atoms with Crippen LogP contribution in [0.3, 0.4) is 0 Å². The Kier molecular flexibility index (Phi) is 2.38. The largest absolute Gasteiger partial charge is 0.330 e. The number of rotatable bonds is 2. The Morgan fingerprint density at radius 2 is 2.23 bits per heavy atom. The van der Waals surface area contributed by atoms with E-state index in [1.807, 2.05) is 18.3 Å². The van der Waals surface area contributed by atoms with Gasteiger partial charge in [0.2, 0.25) is 0 Å². The maximum atomic E-state index is 5.51. The van der Waals surface area contributed by atoms with Crippen LogP contribution in [0.2, 0.25) is 0 Å².